The number of hydrogen-bond donors (Lipinski definition) is 2. The lowest BCUT2D eigenvalue weighted by Crippen LogP contribution is -2.42. The second kappa shape index (κ2) is 6.62. The largest absolute Gasteiger partial charge is 0.409 e. The van der Waals surface area contributed by atoms with E-state index in [1.54, 1.807) is 0 Å². The monoisotopic (exact) mass is 245 g/mol. The maximum atomic E-state index is 12.1. The number of carbonyl (C=O) groups is 1. The Bertz CT molecular complexity index is 263. The molecule has 0 saturated carbocycles. The fourth-order valence-corrected chi connectivity index (χ4v) is 2.65. The van der Waals surface area contributed by atoms with E-state index in [4.69, 9.17) is 10.9 Å². The van der Waals surface area contributed by atoms with Crippen LogP contribution in [-0.4, -0.2) is 46.4 Å². The molecule has 1 amide bonds. The number of rotatable bonds is 3. The summed E-state index contributed by atoms with van der Waals surface area (Å²) in [5.74, 6) is 1.60. The molecule has 1 fully saturated rings. The summed E-state index contributed by atoms with van der Waals surface area (Å²) in [7, 11) is 0. The van der Waals surface area contributed by atoms with Gasteiger partial charge in [0.15, 0.2) is 5.84 Å². The van der Waals surface area contributed by atoms with Crippen LogP contribution < -0.4 is 5.73 Å². The Morgan fingerprint density at radius 1 is 1.56 bits per heavy atom. The molecule has 92 valence electrons. The molecule has 0 aromatic carbocycles. The maximum absolute atomic E-state index is 12.1. The van der Waals surface area contributed by atoms with Crippen molar-refractivity contribution in [2.45, 2.75) is 19.8 Å². The number of nitrogens with zero attached hydrogens (tertiary/aromatic N) is 2. The van der Waals surface area contributed by atoms with Gasteiger partial charge in [-0.15, -0.1) is 0 Å². The lowest BCUT2D eigenvalue weighted by molar-refractivity contribution is -0.133. The molecule has 1 unspecified atom stereocenters. The second-order valence-corrected chi connectivity index (χ2v) is 5.00. The summed E-state index contributed by atoms with van der Waals surface area (Å²) >= 11 is 1.87. The summed E-state index contributed by atoms with van der Waals surface area (Å²) in [6, 6.07) is 0. The molecule has 0 spiro atoms. The minimum absolute atomic E-state index is 0.0136. The Morgan fingerprint density at radius 3 is 2.94 bits per heavy atom. The van der Waals surface area contributed by atoms with Gasteiger partial charge in [0.2, 0.25) is 5.91 Å². The number of amidine groups is 1. The highest BCUT2D eigenvalue weighted by Crippen LogP contribution is 2.14. The molecule has 1 saturated heterocycles. The molecular weight excluding hydrogens is 226 g/mol. The van der Waals surface area contributed by atoms with Crippen LogP contribution in [0.4, 0.5) is 0 Å². The number of thioether (sulfide) groups is 1. The first kappa shape index (κ1) is 13.2. The van der Waals surface area contributed by atoms with Gasteiger partial charge >= 0.3 is 0 Å². The van der Waals surface area contributed by atoms with E-state index in [0.29, 0.717) is 6.42 Å². The molecule has 5 nitrogen and oxygen atoms in total. The van der Waals surface area contributed by atoms with Crippen molar-refractivity contribution in [1.82, 2.24) is 4.90 Å². The summed E-state index contributed by atoms with van der Waals surface area (Å²) in [5.41, 5.74) is 5.52. The SMILES string of the molecule is CCC(C(=O)N1CCCSCC1)C(N)=NO. The van der Waals surface area contributed by atoms with Gasteiger partial charge in [-0.3, -0.25) is 4.79 Å². The van der Waals surface area contributed by atoms with E-state index in [2.05, 4.69) is 5.16 Å². The quantitative estimate of drug-likeness (QED) is 0.332. The molecule has 1 heterocycles. The summed E-state index contributed by atoms with van der Waals surface area (Å²) < 4.78 is 0. The zero-order valence-electron chi connectivity index (χ0n) is 9.56. The Kier molecular flexibility index (Phi) is 5.45. The Hall–Kier alpha value is -0.910. The van der Waals surface area contributed by atoms with Crippen LogP contribution >= 0.6 is 11.8 Å². The third kappa shape index (κ3) is 3.30. The van der Waals surface area contributed by atoms with E-state index in [0.717, 1.165) is 31.0 Å². The van der Waals surface area contributed by atoms with Crippen LogP contribution in [0.5, 0.6) is 0 Å². The first-order valence-corrected chi connectivity index (χ1v) is 6.70. The molecule has 3 N–H and O–H groups in total. The topological polar surface area (TPSA) is 78.9 Å². The third-order valence-electron chi connectivity index (χ3n) is 2.71. The first-order valence-electron chi connectivity index (χ1n) is 5.54. The highest BCUT2D eigenvalue weighted by atomic mass is 32.2. The maximum Gasteiger partial charge on any atom is 0.233 e. The molecule has 0 radical (unpaired) electrons. The summed E-state index contributed by atoms with van der Waals surface area (Å²) in [6.07, 6.45) is 1.58. The fraction of sp³-hybridized carbons (Fsp3) is 0.800. The number of carbonyl (C=O) groups excluding carboxylic acids is 1. The van der Waals surface area contributed by atoms with Crippen molar-refractivity contribution in [3.8, 4) is 0 Å². The van der Waals surface area contributed by atoms with Crippen molar-refractivity contribution in [3.05, 3.63) is 0 Å². The zero-order chi connectivity index (χ0) is 12.0. The molecule has 1 rings (SSSR count). The van der Waals surface area contributed by atoms with Crippen molar-refractivity contribution >= 4 is 23.5 Å². The predicted molar refractivity (Wildman–Crippen MR) is 65.7 cm³/mol. The van der Waals surface area contributed by atoms with Crippen molar-refractivity contribution in [1.29, 1.82) is 0 Å². The predicted octanol–water partition coefficient (Wildman–Crippen LogP) is 0.725. The minimum Gasteiger partial charge on any atom is -0.409 e. The number of nitrogens with two attached hydrogens (primary N) is 1. The average Bonchev–Trinajstić information content (AvgIpc) is 2.58. The van der Waals surface area contributed by atoms with Gasteiger partial charge < -0.3 is 15.8 Å². The van der Waals surface area contributed by atoms with E-state index in [1.165, 1.54) is 0 Å². The van der Waals surface area contributed by atoms with Crippen LogP contribution in [0.15, 0.2) is 5.16 Å². The molecule has 0 aromatic rings. The molecule has 0 bridgehead atoms. The molecule has 0 aromatic heterocycles. The lowest BCUT2D eigenvalue weighted by atomic mass is 10.0. The highest BCUT2D eigenvalue weighted by Gasteiger charge is 2.26. The zero-order valence-corrected chi connectivity index (χ0v) is 10.4. The van der Waals surface area contributed by atoms with Gasteiger partial charge in [-0.2, -0.15) is 11.8 Å². The molecule has 0 aliphatic carbocycles. The lowest BCUT2D eigenvalue weighted by Gasteiger charge is -2.24. The Balaban J connectivity index is 2.65. The van der Waals surface area contributed by atoms with Crippen molar-refractivity contribution in [2.24, 2.45) is 16.8 Å². The summed E-state index contributed by atoms with van der Waals surface area (Å²) in [5, 5.41) is 11.6. The first-order chi connectivity index (χ1) is 7.70. The van der Waals surface area contributed by atoms with Gasteiger partial charge in [-0.05, 0) is 18.6 Å². The van der Waals surface area contributed by atoms with Crippen LogP contribution in [-0.2, 0) is 4.79 Å². The van der Waals surface area contributed by atoms with Crippen LogP contribution in [0.25, 0.3) is 0 Å². The van der Waals surface area contributed by atoms with Gasteiger partial charge in [0.25, 0.3) is 0 Å². The van der Waals surface area contributed by atoms with Crippen LogP contribution in [0, 0.1) is 5.92 Å². The number of oxime groups is 1. The molecule has 1 aliphatic heterocycles. The highest BCUT2D eigenvalue weighted by molar-refractivity contribution is 7.99. The normalized spacial score (nSPS) is 20.3. The Labute approximate surface area is 100 Å². The minimum atomic E-state index is -0.479. The second-order valence-electron chi connectivity index (χ2n) is 3.78. The number of hydrogen-bond acceptors (Lipinski definition) is 4. The van der Waals surface area contributed by atoms with Gasteiger partial charge in [-0.25, -0.2) is 0 Å². The molecule has 1 atom stereocenters. The van der Waals surface area contributed by atoms with E-state index < -0.39 is 5.92 Å². The molecular formula is C10H19N3O2S. The van der Waals surface area contributed by atoms with Gasteiger partial charge in [0.1, 0.15) is 0 Å². The van der Waals surface area contributed by atoms with Gasteiger partial charge in [0.05, 0.1) is 5.92 Å². The van der Waals surface area contributed by atoms with Gasteiger partial charge in [-0.1, -0.05) is 12.1 Å². The van der Waals surface area contributed by atoms with Crippen LogP contribution in [0.3, 0.4) is 0 Å². The van der Waals surface area contributed by atoms with Gasteiger partial charge in [0, 0.05) is 18.8 Å². The van der Waals surface area contributed by atoms with E-state index >= 15 is 0 Å². The summed E-state index contributed by atoms with van der Waals surface area (Å²) in [4.78, 5) is 14.0. The molecule has 6 heteroatoms. The Morgan fingerprint density at radius 2 is 2.31 bits per heavy atom. The average molecular weight is 245 g/mol. The smallest absolute Gasteiger partial charge is 0.233 e. The number of amides is 1. The summed E-state index contributed by atoms with van der Waals surface area (Å²) in [6.45, 7) is 3.41. The third-order valence-corrected chi connectivity index (χ3v) is 3.76. The van der Waals surface area contributed by atoms with Crippen molar-refractivity contribution < 1.29 is 10.0 Å². The van der Waals surface area contributed by atoms with Crippen molar-refractivity contribution in [3.63, 3.8) is 0 Å². The van der Waals surface area contributed by atoms with E-state index in [-0.39, 0.29) is 11.7 Å². The fourth-order valence-electron chi connectivity index (χ4n) is 1.77. The van der Waals surface area contributed by atoms with E-state index in [1.807, 2.05) is 23.6 Å². The van der Waals surface area contributed by atoms with E-state index in [9.17, 15) is 4.79 Å². The van der Waals surface area contributed by atoms with Crippen molar-refractivity contribution in [2.75, 3.05) is 24.6 Å². The molecule has 1 aliphatic rings. The standard InChI is InChI=1S/C10H19N3O2S/c1-2-8(9(11)12-15)10(14)13-4-3-6-16-7-5-13/h8,15H,2-7H2,1H3,(H2,11,12). The molecule has 16 heavy (non-hydrogen) atoms. The van der Waals surface area contributed by atoms with Crippen LogP contribution in [0.1, 0.15) is 19.8 Å². The van der Waals surface area contributed by atoms with Crippen LogP contribution in [0.2, 0.25) is 0 Å².